The predicted octanol–water partition coefficient (Wildman–Crippen LogP) is 1.50. The van der Waals surface area contributed by atoms with Crippen molar-refractivity contribution >= 4 is 11.9 Å². The van der Waals surface area contributed by atoms with Crippen LogP contribution in [-0.4, -0.2) is 34.7 Å². The molecule has 5 heteroatoms. The minimum atomic E-state index is -1.11. The summed E-state index contributed by atoms with van der Waals surface area (Å²) in [5.74, 6) is -1.53. The van der Waals surface area contributed by atoms with E-state index in [4.69, 9.17) is 5.11 Å². The van der Waals surface area contributed by atoms with Crippen LogP contribution in [0.25, 0.3) is 0 Å². The third-order valence-electron chi connectivity index (χ3n) is 3.00. The summed E-state index contributed by atoms with van der Waals surface area (Å²) in [6.07, 6.45) is 0.430. The van der Waals surface area contributed by atoms with Gasteiger partial charge in [-0.05, 0) is 38.3 Å². The minimum absolute atomic E-state index is 0.0277. The van der Waals surface area contributed by atoms with Gasteiger partial charge in [0.2, 0.25) is 0 Å². The number of benzene rings is 1. The molecule has 1 unspecified atom stereocenters. The molecule has 0 aliphatic carbocycles. The van der Waals surface area contributed by atoms with Gasteiger partial charge in [0.15, 0.2) is 0 Å². The summed E-state index contributed by atoms with van der Waals surface area (Å²) in [7, 11) is 0. The molecule has 0 aliphatic rings. The smallest absolute Gasteiger partial charge is 0.336 e. The molecule has 104 valence electrons. The fourth-order valence-corrected chi connectivity index (χ4v) is 1.94. The molecule has 0 spiro atoms. The zero-order valence-corrected chi connectivity index (χ0v) is 11.4. The lowest BCUT2D eigenvalue weighted by atomic mass is 9.96. The van der Waals surface area contributed by atoms with E-state index >= 15 is 0 Å². The van der Waals surface area contributed by atoms with Crippen LogP contribution in [0.2, 0.25) is 0 Å². The maximum absolute atomic E-state index is 12.2. The summed E-state index contributed by atoms with van der Waals surface area (Å²) in [5, 5.41) is 20.8. The first kappa shape index (κ1) is 15.2. The Morgan fingerprint density at radius 3 is 2.21 bits per heavy atom. The van der Waals surface area contributed by atoms with E-state index in [1.54, 1.807) is 32.9 Å². The predicted molar refractivity (Wildman–Crippen MR) is 71.5 cm³/mol. The monoisotopic (exact) mass is 265 g/mol. The second-order valence-corrected chi connectivity index (χ2v) is 4.64. The van der Waals surface area contributed by atoms with Crippen LogP contribution in [-0.2, 0) is 0 Å². The number of carbonyl (C=O) groups excluding carboxylic acids is 1. The molecule has 0 saturated carbocycles. The van der Waals surface area contributed by atoms with Gasteiger partial charge in [-0.25, -0.2) is 4.79 Å². The lowest BCUT2D eigenvalue weighted by molar-refractivity contribution is 0.0689. The van der Waals surface area contributed by atoms with Crippen molar-refractivity contribution in [2.24, 2.45) is 0 Å². The number of hydrogen-bond donors (Lipinski definition) is 3. The molecule has 0 aliphatic heterocycles. The van der Waals surface area contributed by atoms with Crippen LogP contribution in [0.15, 0.2) is 12.1 Å². The van der Waals surface area contributed by atoms with Crippen molar-refractivity contribution in [2.75, 3.05) is 6.61 Å². The average molecular weight is 265 g/mol. The number of amides is 1. The van der Waals surface area contributed by atoms with Crippen molar-refractivity contribution in [1.82, 2.24) is 5.32 Å². The molecule has 0 fully saturated rings. The Balaban J connectivity index is 3.15. The van der Waals surface area contributed by atoms with Crippen LogP contribution in [0, 0.1) is 13.8 Å². The number of rotatable bonds is 5. The van der Waals surface area contributed by atoms with E-state index in [1.807, 2.05) is 0 Å². The highest BCUT2D eigenvalue weighted by molar-refractivity contribution is 6.06. The van der Waals surface area contributed by atoms with Crippen molar-refractivity contribution in [2.45, 2.75) is 33.2 Å². The van der Waals surface area contributed by atoms with E-state index in [9.17, 15) is 14.7 Å². The van der Waals surface area contributed by atoms with Gasteiger partial charge >= 0.3 is 5.97 Å². The largest absolute Gasteiger partial charge is 0.478 e. The van der Waals surface area contributed by atoms with Crippen molar-refractivity contribution in [3.05, 3.63) is 34.4 Å². The molecular weight excluding hydrogens is 246 g/mol. The molecule has 1 amide bonds. The van der Waals surface area contributed by atoms with Gasteiger partial charge < -0.3 is 15.5 Å². The standard InChI is InChI=1S/C14H19NO4/c1-8-4-5-9(2)12(14(18)19)11(8)13(17)15-10(3)6-7-16/h4-5,10,16H,6-7H2,1-3H3,(H,15,17)(H,18,19). The van der Waals surface area contributed by atoms with Crippen molar-refractivity contribution in [3.63, 3.8) is 0 Å². The first-order valence-corrected chi connectivity index (χ1v) is 6.13. The summed E-state index contributed by atoms with van der Waals surface area (Å²) >= 11 is 0. The van der Waals surface area contributed by atoms with Crippen LogP contribution >= 0.6 is 0 Å². The van der Waals surface area contributed by atoms with Crippen LogP contribution < -0.4 is 5.32 Å². The molecule has 0 bridgehead atoms. The summed E-state index contributed by atoms with van der Waals surface area (Å²) in [6, 6.07) is 3.21. The van der Waals surface area contributed by atoms with Gasteiger partial charge in [-0.15, -0.1) is 0 Å². The lowest BCUT2D eigenvalue weighted by Gasteiger charge is -2.16. The summed E-state index contributed by atoms with van der Waals surface area (Å²) in [4.78, 5) is 23.5. The Morgan fingerprint density at radius 1 is 1.21 bits per heavy atom. The number of carbonyl (C=O) groups is 2. The normalized spacial score (nSPS) is 12.0. The number of aromatic carboxylic acids is 1. The fraction of sp³-hybridized carbons (Fsp3) is 0.429. The molecular formula is C14H19NO4. The Kier molecular flexibility index (Phi) is 5.06. The number of aliphatic hydroxyl groups is 1. The maximum atomic E-state index is 12.2. The Labute approximate surface area is 112 Å². The van der Waals surface area contributed by atoms with Gasteiger partial charge in [-0.2, -0.15) is 0 Å². The molecule has 19 heavy (non-hydrogen) atoms. The third kappa shape index (κ3) is 3.54. The van der Waals surface area contributed by atoms with Gasteiger partial charge in [0, 0.05) is 12.6 Å². The number of nitrogens with one attached hydrogen (secondary N) is 1. The highest BCUT2D eigenvalue weighted by atomic mass is 16.4. The van der Waals surface area contributed by atoms with Gasteiger partial charge in [-0.3, -0.25) is 4.79 Å². The topological polar surface area (TPSA) is 86.6 Å². The van der Waals surface area contributed by atoms with E-state index in [2.05, 4.69) is 5.32 Å². The molecule has 1 atom stereocenters. The highest BCUT2D eigenvalue weighted by Gasteiger charge is 2.22. The Bertz CT molecular complexity index is 496. The highest BCUT2D eigenvalue weighted by Crippen LogP contribution is 2.19. The molecule has 0 saturated heterocycles. The zero-order valence-electron chi connectivity index (χ0n) is 11.4. The molecule has 0 radical (unpaired) electrons. The van der Waals surface area contributed by atoms with E-state index in [0.29, 0.717) is 17.5 Å². The van der Waals surface area contributed by atoms with E-state index in [0.717, 1.165) is 0 Å². The molecule has 0 heterocycles. The minimum Gasteiger partial charge on any atom is -0.478 e. The van der Waals surface area contributed by atoms with Crippen LogP contribution in [0.3, 0.4) is 0 Å². The molecule has 1 aromatic carbocycles. The number of aryl methyl sites for hydroxylation is 2. The van der Waals surface area contributed by atoms with Crippen molar-refractivity contribution in [3.8, 4) is 0 Å². The average Bonchev–Trinajstić information content (AvgIpc) is 2.31. The van der Waals surface area contributed by atoms with Gasteiger partial charge in [0.25, 0.3) is 5.91 Å². The summed E-state index contributed by atoms with van der Waals surface area (Å²) in [5.41, 5.74) is 1.40. The number of carboxylic acid groups (broad SMARTS) is 1. The van der Waals surface area contributed by atoms with Gasteiger partial charge in [-0.1, -0.05) is 12.1 Å². The second-order valence-electron chi connectivity index (χ2n) is 4.64. The fourth-order valence-electron chi connectivity index (χ4n) is 1.94. The van der Waals surface area contributed by atoms with E-state index in [-0.39, 0.29) is 23.8 Å². The summed E-state index contributed by atoms with van der Waals surface area (Å²) < 4.78 is 0. The van der Waals surface area contributed by atoms with Crippen molar-refractivity contribution < 1.29 is 19.8 Å². The van der Waals surface area contributed by atoms with Gasteiger partial charge in [0.1, 0.15) is 0 Å². The molecule has 3 N–H and O–H groups in total. The first-order chi connectivity index (χ1) is 8.88. The molecule has 1 aromatic rings. The third-order valence-corrected chi connectivity index (χ3v) is 3.00. The van der Waals surface area contributed by atoms with E-state index < -0.39 is 11.9 Å². The molecule has 5 nitrogen and oxygen atoms in total. The van der Waals surface area contributed by atoms with Gasteiger partial charge in [0.05, 0.1) is 11.1 Å². The number of carboxylic acids is 1. The Hall–Kier alpha value is -1.88. The maximum Gasteiger partial charge on any atom is 0.336 e. The first-order valence-electron chi connectivity index (χ1n) is 6.13. The second kappa shape index (κ2) is 6.33. The zero-order chi connectivity index (χ0) is 14.6. The molecule has 1 rings (SSSR count). The number of hydrogen-bond acceptors (Lipinski definition) is 3. The number of aliphatic hydroxyl groups excluding tert-OH is 1. The van der Waals surface area contributed by atoms with Crippen LogP contribution in [0.5, 0.6) is 0 Å². The van der Waals surface area contributed by atoms with Crippen molar-refractivity contribution in [1.29, 1.82) is 0 Å². The molecule has 0 aromatic heterocycles. The lowest BCUT2D eigenvalue weighted by Crippen LogP contribution is -2.34. The quantitative estimate of drug-likeness (QED) is 0.753. The Morgan fingerprint density at radius 2 is 1.74 bits per heavy atom. The van der Waals surface area contributed by atoms with E-state index in [1.165, 1.54) is 0 Å². The van der Waals surface area contributed by atoms with Crippen LogP contribution in [0.1, 0.15) is 45.2 Å². The summed E-state index contributed by atoms with van der Waals surface area (Å²) in [6.45, 7) is 5.11. The van der Waals surface area contributed by atoms with Crippen LogP contribution in [0.4, 0.5) is 0 Å². The SMILES string of the molecule is Cc1ccc(C)c(C(=O)NC(C)CCO)c1C(=O)O.